The van der Waals surface area contributed by atoms with E-state index in [4.69, 9.17) is 16.1 Å². The molecular formula is C20H15BrClN5O3S. The Kier molecular flexibility index (Phi) is 6.24. The van der Waals surface area contributed by atoms with Crippen molar-refractivity contribution in [2.75, 3.05) is 5.32 Å². The number of fused-ring (bicyclic) bond motifs is 1. The molecule has 3 heterocycles. The summed E-state index contributed by atoms with van der Waals surface area (Å²) in [6.07, 6.45) is 3.03. The molecule has 0 aliphatic heterocycles. The number of carbonyl (C=O) groups excluding carboxylic acids is 1. The Balaban J connectivity index is 1.96. The number of pyridine rings is 1. The number of carbonyl (C=O) groups is 1. The van der Waals surface area contributed by atoms with Crippen molar-refractivity contribution in [3.05, 3.63) is 63.2 Å². The Hall–Kier alpha value is -2.53. The van der Waals surface area contributed by atoms with Crippen LogP contribution in [0.25, 0.3) is 10.9 Å². The molecule has 0 saturated heterocycles. The Bertz CT molecular complexity index is 1290. The number of ketones is 1. The molecule has 11 heteroatoms. The number of benzene rings is 1. The maximum absolute atomic E-state index is 13.3. The molecule has 158 valence electrons. The van der Waals surface area contributed by atoms with E-state index in [1.165, 1.54) is 19.3 Å². The van der Waals surface area contributed by atoms with Crippen molar-refractivity contribution in [1.82, 2.24) is 20.3 Å². The lowest BCUT2D eigenvalue weighted by atomic mass is 10.1. The Labute approximate surface area is 193 Å². The van der Waals surface area contributed by atoms with Crippen LogP contribution in [-0.2, 0) is 16.9 Å². The van der Waals surface area contributed by atoms with Gasteiger partial charge in [0.2, 0.25) is 0 Å². The van der Waals surface area contributed by atoms with Crippen LogP contribution in [0.4, 0.5) is 11.4 Å². The van der Waals surface area contributed by atoms with Crippen LogP contribution in [0.1, 0.15) is 28.7 Å². The van der Waals surface area contributed by atoms with Crippen molar-refractivity contribution < 1.29 is 13.9 Å². The number of nitrogens with one attached hydrogen (secondary N) is 1. The zero-order valence-corrected chi connectivity index (χ0v) is 19.5. The van der Waals surface area contributed by atoms with Gasteiger partial charge in [0.15, 0.2) is 11.5 Å². The van der Waals surface area contributed by atoms with Crippen molar-refractivity contribution in [3.8, 4) is 0 Å². The van der Waals surface area contributed by atoms with Crippen LogP contribution in [0.2, 0.25) is 5.02 Å². The Morgan fingerprint density at radius 3 is 2.77 bits per heavy atom. The summed E-state index contributed by atoms with van der Waals surface area (Å²) in [5.41, 5.74) is 2.15. The largest absolute Gasteiger partial charge is 0.610 e. The van der Waals surface area contributed by atoms with E-state index in [2.05, 4.69) is 41.6 Å². The summed E-state index contributed by atoms with van der Waals surface area (Å²) in [5.74, 6) is 0.340. The molecule has 0 aliphatic rings. The van der Waals surface area contributed by atoms with E-state index in [9.17, 15) is 9.35 Å². The minimum absolute atomic E-state index is 0.0462. The van der Waals surface area contributed by atoms with Crippen LogP contribution >= 0.6 is 27.5 Å². The van der Waals surface area contributed by atoms with Crippen molar-refractivity contribution in [2.45, 2.75) is 24.6 Å². The SMILES string of the molecule is CC(=O)c1c([S+]([O-])Cc2cc(C)on2)nc2c(Br)ccc(Cl)c2c1Nc1ccnnc1. The van der Waals surface area contributed by atoms with Crippen LogP contribution in [0.5, 0.6) is 0 Å². The third kappa shape index (κ3) is 4.42. The highest BCUT2D eigenvalue weighted by atomic mass is 79.9. The number of Topliss-reactive ketones (excluding diaryl/α,β-unsaturated/α-hetero) is 1. The fraction of sp³-hybridized carbons (Fsp3) is 0.150. The molecule has 0 saturated carbocycles. The van der Waals surface area contributed by atoms with E-state index in [1.807, 2.05) is 0 Å². The number of halogens is 2. The average Bonchev–Trinajstić information content (AvgIpc) is 3.15. The third-order valence-electron chi connectivity index (χ3n) is 4.38. The first-order valence-electron chi connectivity index (χ1n) is 9.02. The first-order valence-corrected chi connectivity index (χ1v) is 11.5. The second kappa shape index (κ2) is 8.91. The number of hydrogen-bond donors (Lipinski definition) is 1. The molecule has 0 aliphatic carbocycles. The van der Waals surface area contributed by atoms with E-state index in [0.717, 1.165) is 0 Å². The van der Waals surface area contributed by atoms with Gasteiger partial charge in [-0.15, -0.1) is 0 Å². The second-order valence-corrected chi connectivity index (χ2v) is 9.28. The highest BCUT2D eigenvalue weighted by molar-refractivity contribution is 9.10. The van der Waals surface area contributed by atoms with Crippen LogP contribution in [-0.4, -0.2) is 30.7 Å². The zero-order valence-electron chi connectivity index (χ0n) is 16.3. The monoisotopic (exact) mass is 519 g/mol. The Morgan fingerprint density at radius 2 is 2.13 bits per heavy atom. The van der Waals surface area contributed by atoms with E-state index >= 15 is 0 Å². The van der Waals surface area contributed by atoms with Gasteiger partial charge in [0.25, 0.3) is 5.03 Å². The van der Waals surface area contributed by atoms with Gasteiger partial charge in [0, 0.05) is 27.1 Å². The lowest BCUT2D eigenvalue weighted by Gasteiger charge is -2.19. The Morgan fingerprint density at radius 1 is 1.32 bits per heavy atom. The summed E-state index contributed by atoms with van der Waals surface area (Å²) in [5, 5.41) is 15.8. The van der Waals surface area contributed by atoms with E-state index < -0.39 is 11.2 Å². The van der Waals surface area contributed by atoms with Gasteiger partial charge in [-0.2, -0.15) is 15.2 Å². The smallest absolute Gasteiger partial charge is 0.258 e. The lowest BCUT2D eigenvalue weighted by Crippen LogP contribution is -2.15. The maximum atomic E-state index is 13.3. The van der Waals surface area contributed by atoms with E-state index in [1.54, 1.807) is 31.2 Å². The third-order valence-corrected chi connectivity index (χ3v) is 6.62. The molecule has 3 aromatic heterocycles. The first-order chi connectivity index (χ1) is 14.8. The molecule has 0 spiro atoms. The summed E-state index contributed by atoms with van der Waals surface area (Å²) in [6, 6.07) is 6.84. The molecule has 4 rings (SSSR count). The van der Waals surface area contributed by atoms with Crippen LogP contribution in [0.15, 0.2) is 50.7 Å². The lowest BCUT2D eigenvalue weighted by molar-refractivity contribution is 0.101. The van der Waals surface area contributed by atoms with Crippen LogP contribution in [0, 0.1) is 6.92 Å². The molecule has 0 amide bonds. The number of aromatic nitrogens is 4. The van der Waals surface area contributed by atoms with Gasteiger partial charge in [-0.05, 0) is 48.0 Å². The number of hydrogen-bond acceptors (Lipinski definition) is 8. The quantitative estimate of drug-likeness (QED) is 0.279. The van der Waals surface area contributed by atoms with Gasteiger partial charge in [-0.3, -0.25) is 4.79 Å². The average molecular weight is 521 g/mol. The molecule has 1 unspecified atom stereocenters. The normalized spacial score (nSPS) is 12.2. The van der Waals surface area contributed by atoms with Gasteiger partial charge in [-0.1, -0.05) is 16.8 Å². The summed E-state index contributed by atoms with van der Waals surface area (Å²) in [4.78, 5) is 17.3. The van der Waals surface area contributed by atoms with Crippen LogP contribution in [0.3, 0.4) is 0 Å². The molecule has 31 heavy (non-hydrogen) atoms. The molecule has 1 atom stereocenters. The molecule has 0 radical (unpaired) electrons. The maximum Gasteiger partial charge on any atom is 0.258 e. The number of aryl methyl sites for hydroxylation is 1. The van der Waals surface area contributed by atoms with E-state index in [-0.39, 0.29) is 22.1 Å². The van der Waals surface area contributed by atoms with Crippen molar-refractivity contribution >= 4 is 66.8 Å². The predicted molar refractivity (Wildman–Crippen MR) is 121 cm³/mol. The number of anilines is 2. The molecule has 1 aromatic carbocycles. The fourth-order valence-corrected chi connectivity index (χ4v) is 4.97. The topological polar surface area (TPSA) is 117 Å². The first kappa shape index (κ1) is 21.7. The molecule has 0 fully saturated rings. The van der Waals surface area contributed by atoms with Gasteiger partial charge in [0.1, 0.15) is 17.0 Å². The van der Waals surface area contributed by atoms with Gasteiger partial charge < -0.3 is 14.4 Å². The van der Waals surface area contributed by atoms with Gasteiger partial charge >= 0.3 is 0 Å². The summed E-state index contributed by atoms with van der Waals surface area (Å²) >= 11 is 8.31. The summed E-state index contributed by atoms with van der Waals surface area (Å²) in [7, 11) is 0. The molecule has 8 nitrogen and oxygen atoms in total. The molecular weight excluding hydrogens is 506 g/mol. The summed E-state index contributed by atoms with van der Waals surface area (Å²) < 4.78 is 19.0. The highest BCUT2D eigenvalue weighted by Gasteiger charge is 2.30. The molecule has 0 bridgehead atoms. The fourth-order valence-electron chi connectivity index (χ4n) is 3.09. The molecule has 4 aromatic rings. The van der Waals surface area contributed by atoms with Crippen LogP contribution < -0.4 is 5.32 Å². The molecule has 1 N–H and O–H groups in total. The minimum atomic E-state index is -1.68. The van der Waals surface area contributed by atoms with Crippen molar-refractivity contribution in [3.63, 3.8) is 0 Å². The summed E-state index contributed by atoms with van der Waals surface area (Å²) in [6.45, 7) is 3.14. The minimum Gasteiger partial charge on any atom is -0.610 e. The van der Waals surface area contributed by atoms with Crippen molar-refractivity contribution in [2.24, 2.45) is 0 Å². The number of rotatable bonds is 6. The standard InChI is InChI=1S/C20H15BrClN5O3S/c1-10-7-13(27-30-10)9-31(29)20-16(11(2)28)19(25-12-5-6-23-24-8-12)17-15(22)4-3-14(21)18(17)26-20/h3-8H,9H2,1-2H3,(H,23,25,26). The highest BCUT2D eigenvalue weighted by Crippen LogP contribution is 2.40. The second-order valence-electron chi connectivity index (χ2n) is 6.65. The van der Waals surface area contributed by atoms with Crippen molar-refractivity contribution in [1.29, 1.82) is 0 Å². The van der Waals surface area contributed by atoms with Gasteiger partial charge in [-0.25, -0.2) is 0 Å². The zero-order chi connectivity index (χ0) is 22.1. The number of nitrogens with zero attached hydrogens (tertiary/aromatic N) is 4. The predicted octanol–water partition coefficient (Wildman–Crippen LogP) is 4.99. The van der Waals surface area contributed by atoms with Gasteiger partial charge in [0.05, 0.1) is 34.3 Å². The van der Waals surface area contributed by atoms with E-state index in [0.29, 0.717) is 43.2 Å².